The van der Waals surface area contributed by atoms with Gasteiger partial charge < -0.3 is 0 Å². The average Bonchev–Trinajstić information content (AvgIpc) is 3.14. The molecule has 126 valence electrons. The van der Waals surface area contributed by atoms with E-state index in [1.54, 1.807) is 24.5 Å². The molecule has 0 amide bonds. The molecular formula is C14H21N5O2S2. The maximum absolute atomic E-state index is 11.7. The maximum atomic E-state index is 11.7. The Bertz CT molecular complexity index is 768. The summed E-state index contributed by atoms with van der Waals surface area (Å²) in [6.07, 6.45) is 1.78. The Labute approximate surface area is 140 Å². The molecule has 23 heavy (non-hydrogen) atoms. The minimum atomic E-state index is -3.20. The number of aryl methyl sites for hydroxylation is 1. The summed E-state index contributed by atoms with van der Waals surface area (Å²) in [5, 5.41) is 4.36. The Morgan fingerprint density at radius 1 is 1.48 bits per heavy atom. The standard InChI is InChI=1S/C14H21N5O2S2/c1-3-23(20,21)17-6-13-8-18(7-12-4-5-16-19(12)13)9-14-11(2)15-10-22-14/h4-5,10,13,17H,3,6-9H2,1-2H3/t13-/m0/s1. The summed E-state index contributed by atoms with van der Waals surface area (Å²) in [6, 6.07) is 2.00. The van der Waals surface area contributed by atoms with Crippen LogP contribution in [-0.4, -0.2) is 46.9 Å². The van der Waals surface area contributed by atoms with Crippen LogP contribution in [0.2, 0.25) is 0 Å². The average molecular weight is 355 g/mol. The van der Waals surface area contributed by atoms with Gasteiger partial charge in [-0.2, -0.15) is 5.10 Å². The highest BCUT2D eigenvalue weighted by atomic mass is 32.2. The van der Waals surface area contributed by atoms with E-state index in [1.807, 2.05) is 23.2 Å². The van der Waals surface area contributed by atoms with Crippen molar-refractivity contribution in [2.75, 3.05) is 18.8 Å². The normalized spacial score (nSPS) is 19.0. The van der Waals surface area contributed by atoms with Crippen LogP contribution in [0.4, 0.5) is 0 Å². The van der Waals surface area contributed by atoms with Crippen LogP contribution in [0.25, 0.3) is 0 Å². The monoisotopic (exact) mass is 355 g/mol. The Morgan fingerprint density at radius 2 is 2.30 bits per heavy atom. The second-order valence-corrected chi connectivity index (χ2v) is 8.74. The van der Waals surface area contributed by atoms with Crippen LogP contribution in [0.3, 0.4) is 0 Å². The second kappa shape index (κ2) is 6.68. The molecule has 3 rings (SSSR count). The van der Waals surface area contributed by atoms with E-state index in [0.29, 0.717) is 6.54 Å². The quantitative estimate of drug-likeness (QED) is 0.841. The molecule has 9 heteroatoms. The molecule has 1 aliphatic heterocycles. The molecule has 0 unspecified atom stereocenters. The lowest BCUT2D eigenvalue weighted by Gasteiger charge is -2.33. The van der Waals surface area contributed by atoms with Gasteiger partial charge in [-0.15, -0.1) is 11.3 Å². The smallest absolute Gasteiger partial charge is 0.211 e. The molecule has 1 atom stereocenters. The Balaban J connectivity index is 1.73. The summed E-state index contributed by atoms with van der Waals surface area (Å²) in [7, 11) is -3.20. The molecule has 0 spiro atoms. The summed E-state index contributed by atoms with van der Waals surface area (Å²) in [5.74, 6) is 0.0927. The topological polar surface area (TPSA) is 80.1 Å². The van der Waals surface area contributed by atoms with Gasteiger partial charge >= 0.3 is 0 Å². The number of nitrogens with zero attached hydrogens (tertiary/aromatic N) is 4. The molecule has 3 heterocycles. The van der Waals surface area contributed by atoms with Gasteiger partial charge in [0.1, 0.15) is 0 Å². The van der Waals surface area contributed by atoms with Crippen molar-refractivity contribution >= 4 is 21.4 Å². The number of thiazole rings is 1. The number of hydrogen-bond donors (Lipinski definition) is 1. The van der Waals surface area contributed by atoms with Crippen LogP contribution in [-0.2, 0) is 23.1 Å². The van der Waals surface area contributed by atoms with Crippen LogP contribution >= 0.6 is 11.3 Å². The van der Waals surface area contributed by atoms with E-state index < -0.39 is 10.0 Å². The van der Waals surface area contributed by atoms with E-state index in [0.717, 1.165) is 31.0 Å². The molecule has 0 saturated carbocycles. The molecule has 0 fully saturated rings. The third-order valence-corrected chi connectivity index (χ3v) is 6.37. The van der Waals surface area contributed by atoms with Gasteiger partial charge in [-0.3, -0.25) is 9.58 Å². The van der Waals surface area contributed by atoms with Crippen LogP contribution in [0, 0.1) is 6.92 Å². The predicted molar refractivity (Wildman–Crippen MR) is 89.7 cm³/mol. The maximum Gasteiger partial charge on any atom is 0.211 e. The molecule has 0 saturated heterocycles. The van der Waals surface area contributed by atoms with Crippen molar-refractivity contribution in [1.82, 2.24) is 24.4 Å². The van der Waals surface area contributed by atoms with E-state index in [2.05, 4.69) is 19.7 Å². The lowest BCUT2D eigenvalue weighted by molar-refractivity contribution is 0.169. The van der Waals surface area contributed by atoms with Crippen LogP contribution in [0.5, 0.6) is 0 Å². The van der Waals surface area contributed by atoms with Crippen molar-refractivity contribution in [3.63, 3.8) is 0 Å². The zero-order chi connectivity index (χ0) is 16.4. The van der Waals surface area contributed by atoms with Crippen molar-refractivity contribution in [2.45, 2.75) is 33.0 Å². The highest BCUT2D eigenvalue weighted by molar-refractivity contribution is 7.89. The molecule has 2 aromatic heterocycles. The van der Waals surface area contributed by atoms with Crippen molar-refractivity contribution in [2.24, 2.45) is 0 Å². The van der Waals surface area contributed by atoms with E-state index >= 15 is 0 Å². The van der Waals surface area contributed by atoms with Crippen LogP contribution in [0.15, 0.2) is 17.8 Å². The molecule has 0 bridgehead atoms. The summed E-state index contributed by atoms with van der Waals surface area (Å²) in [5.41, 5.74) is 4.04. The number of aromatic nitrogens is 3. The lowest BCUT2D eigenvalue weighted by Crippen LogP contribution is -2.42. The van der Waals surface area contributed by atoms with Gasteiger partial charge in [0.25, 0.3) is 0 Å². The van der Waals surface area contributed by atoms with E-state index in [1.165, 1.54) is 4.88 Å². The first-order valence-electron chi connectivity index (χ1n) is 7.59. The van der Waals surface area contributed by atoms with Crippen molar-refractivity contribution in [1.29, 1.82) is 0 Å². The fourth-order valence-corrected chi connectivity index (χ4v) is 4.21. The number of rotatable bonds is 6. The van der Waals surface area contributed by atoms with E-state index in [9.17, 15) is 8.42 Å². The molecule has 2 aromatic rings. The van der Waals surface area contributed by atoms with Crippen LogP contribution < -0.4 is 4.72 Å². The van der Waals surface area contributed by atoms with Gasteiger partial charge in [0.15, 0.2) is 0 Å². The van der Waals surface area contributed by atoms with Gasteiger partial charge in [-0.1, -0.05) is 0 Å². The van der Waals surface area contributed by atoms with Crippen LogP contribution in [0.1, 0.15) is 29.2 Å². The molecule has 1 N–H and O–H groups in total. The van der Waals surface area contributed by atoms with Gasteiger partial charge in [-0.05, 0) is 19.9 Å². The summed E-state index contributed by atoms with van der Waals surface area (Å²) in [4.78, 5) is 7.88. The zero-order valence-corrected chi connectivity index (χ0v) is 14.9. The number of sulfonamides is 1. The highest BCUT2D eigenvalue weighted by Gasteiger charge is 2.27. The minimum absolute atomic E-state index is 0.00306. The molecule has 0 aliphatic carbocycles. The third kappa shape index (κ3) is 3.79. The summed E-state index contributed by atoms with van der Waals surface area (Å²) < 4.78 is 28.0. The Hall–Kier alpha value is -1.29. The fourth-order valence-electron chi connectivity index (χ4n) is 2.74. The Morgan fingerprint density at radius 3 is 3.00 bits per heavy atom. The van der Waals surface area contributed by atoms with Crippen molar-refractivity contribution in [3.8, 4) is 0 Å². The predicted octanol–water partition coefficient (Wildman–Crippen LogP) is 1.14. The van der Waals surface area contributed by atoms with Crippen molar-refractivity contribution in [3.05, 3.63) is 34.0 Å². The van der Waals surface area contributed by atoms with E-state index in [4.69, 9.17) is 0 Å². The first kappa shape index (κ1) is 16.6. The number of nitrogens with one attached hydrogen (secondary N) is 1. The van der Waals surface area contributed by atoms with Crippen molar-refractivity contribution < 1.29 is 8.42 Å². The first-order chi connectivity index (χ1) is 11.0. The van der Waals surface area contributed by atoms with Gasteiger partial charge in [0.05, 0.1) is 28.7 Å². The summed E-state index contributed by atoms with van der Waals surface area (Å²) >= 11 is 1.66. The molecular weight excluding hydrogens is 334 g/mol. The summed E-state index contributed by atoms with van der Waals surface area (Å²) in [6.45, 7) is 6.43. The largest absolute Gasteiger partial charge is 0.290 e. The van der Waals surface area contributed by atoms with Gasteiger partial charge in [0.2, 0.25) is 10.0 Å². The molecule has 0 aromatic carbocycles. The third-order valence-electron chi connectivity index (χ3n) is 4.08. The zero-order valence-electron chi connectivity index (χ0n) is 13.3. The fraction of sp³-hybridized carbons (Fsp3) is 0.571. The number of hydrogen-bond acceptors (Lipinski definition) is 6. The SMILES string of the molecule is CCS(=O)(=O)NC[C@H]1CN(Cc2scnc2C)Cc2ccnn21. The molecule has 7 nitrogen and oxygen atoms in total. The highest BCUT2D eigenvalue weighted by Crippen LogP contribution is 2.23. The van der Waals surface area contributed by atoms with Gasteiger partial charge in [0, 0.05) is 37.3 Å². The molecule has 0 radical (unpaired) electrons. The molecule has 1 aliphatic rings. The Kier molecular flexibility index (Phi) is 4.81. The van der Waals surface area contributed by atoms with Gasteiger partial charge in [-0.25, -0.2) is 18.1 Å². The van der Waals surface area contributed by atoms with E-state index in [-0.39, 0.29) is 11.8 Å². The first-order valence-corrected chi connectivity index (χ1v) is 10.1. The lowest BCUT2D eigenvalue weighted by atomic mass is 10.2. The second-order valence-electron chi connectivity index (χ2n) is 5.70. The minimum Gasteiger partial charge on any atom is -0.290 e. The number of fused-ring (bicyclic) bond motifs is 1.